The third kappa shape index (κ3) is 8.45. The summed E-state index contributed by atoms with van der Waals surface area (Å²) in [6.07, 6.45) is 4.56. The van der Waals surface area contributed by atoms with E-state index in [9.17, 15) is 9.59 Å². The van der Waals surface area contributed by atoms with Gasteiger partial charge in [0.1, 0.15) is 12.7 Å². The summed E-state index contributed by atoms with van der Waals surface area (Å²) in [5, 5.41) is 2.69. The van der Waals surface area contributed by atoms with E-state index in [-0.39, 0.29) is 12.7 Å². The molecule has 1 unspecified atom stereocenters. The lowest BCUT2D eigenvalue weighted by Gasteiger charge is -2.17. The van der Waals surface area contributed by atoms with Gasteiger partial charge in [-0.25, -0.2) is 14.6 Å². The normalized spacial score (nSPS) is 19.8. The number of carbonyl (C=O) groups is 1. The number of unbranched alkanes of at least 4 members (excludes halogenated alkanes) is 3. The Hall–Kier alpha value is -1.43. The van der Waals surface area contributed by atoms with Crippen LogP contribution in [0.4, 0.5) is 4.79 Å². The van der Waals surface area contributed by atoms with E-state index in [2.05, 4.69) is 10.3 Å². The van der Waals surface area contributed by atoms with Crippen LogP contribution in [0.5, 0.6) is 0 Å². The van der Waals surface area contributed by atoms with Gasteiger partial charge in [0.15, 0.2) is 5.79 Å². The third-order valence-electron chi connectivity index (χ3n) is 3.00. The third-order valence-corrected chi connectivity index (χ3v) is 3.00. The van der Waals surface area contributed by atoms with E-state index in [1.165, 1.54) is 6.08 Å². The van der Waals surface area contributed by atoms with E-state index in [1.807, 2.05) is 13.8 Å². The largest absolute Gasteiger partial charge is 0.447 e. The number of aliphatic imine (C=N–C) groups is 1. The van der Waals surface area contributed by atoms with E-state index in [0.29, 0.717) is 19.7 Å². The van der Waals surface area contributed by atoms with Crippen LogP contribution in [-0.4, -0.2) is 50.4 Å². The quantitative estimate of drug-likeness (QED) is 0.398. The summed E-state index contributed by atoms with van der Waals surface area (Å²) in [7, 11) is 0. The minimum atomic E-state index is -0.599. The molecule has 0 aromatic carbocycles. The van der Waals surface area contributed by atoms with Crippen molar-refractivity contribution in [3.63, 3.8) is 0 Å². The van der Waals surface area contributed by atoms with Crippen LogP contribution >= 0.6 is 0 Å². The SMILES string of the molecule is CC1(C)OCC(COC(=O)NCCCCCCN=C=O)O1. The molecule has 1 amide bonds. The van der Waals surface area contributed by atoms with Crippen LogP contribution in [0.15, 0.2) is 4.99 Å². The number of hydrogen-bond acceptors (Lipinski definition) is 6. The van der Waals surface area contributed by atoms with Crippen LogP contribution in [-0.2, 0) is 19.0 Å². The van der Waals surface area contributed by atoms with Gasteiger partial charge in [0.05, 0.1) is 13.2 Å². The van der Waals surface area contributed by atoms with Crippen LogP contribution in [0.2, 0.25) is 0 Å². The molecule has 1 aliphatic rings. The molecule has 7 nitrogen and oxygen atoms in total. The maximum atomic E-state index is 11.4. The average molecular weight is 300 g/mol. The van der Waals surface area contributed by atoms with E-state index in [1.54, 1.807) is 0 Å². The van der Waals surface area contributed by atoms with Crippen molar-refractivity contribution in [3.05, 3.63) is 0 Å². The molecule has 0 radical (unpaired) electrons. The number of amides is 1. The Kier molecular flexibility index (Phi) is 7.97. The molecule has 0 aromatic heterocycles. The fourth-order valence-corrected chi connectivity index (χ4v) is 1.97. The minimum absolute atomic E-state index is 0.193. The molecule has 1 atom stereocenters. The average Bonchev–Trinajstić information content (AvgIpc) is 2.79. The zero-order chi connectivity index (χ0) is 15.6. The van der Waals surface area contributed by atoms with Crippen molar-refractivity contribution >= 4 is 12.2 Å². The second-order valence-electron chi connectivity index (χ2n) is 5.36. The Morgan fingerprint density at radius 1 is 1.38 bits per heavy atom. The summed E-state index contributed by atoms with van der Waals surface area (Å²) in [5.41, 5.74) is 0. The Labute approximate surface area is 125 Å². The summed E-state index contributed by atoms with van der Waals surface area (Å²) < 4.78 is 16.0. The second-order valence-corrected chi connectivity index (χ2v) is 5.36. The minimum Gasteiger partial charge on any atom is -0.447 e. The summed E-state index contributed by atoms with van der Waals surface area (Å²) in [4.78, 5) is 24.8. The monoisotopic (exact) mass is 300 g/mol. The van der Waals surface area contributed by atoms with Crippen molar-refractivity contribution in [1.82, 2.24) is 5.32 Å². The van der Waals surface area contributed by atoms with Gasteiger partial charge >= 0.3 is 6.09 Å². The Balaban J connectivity index is 1.93. The van der Waals surface area contributed by atoms with Crippen molar-refractivity contribution in [2.24, 2.45) is 4.99 Å². The molecule has 1 N–H and O–H groups in total. The zero-order valence-corrected chi connectivity index (χ0v) is 12.7. The molecular weight excluding hydrogens is 276 g/mol. The van der Waals surface area contributed by atoms with Gasteiger partial charge in [0.2, 0.25) is 6.08 Å². The molecule has 1 rings (SSSR count). The number of nitrogens with zero attached hydrogens (tertiary/aromatic N) is 1. The Morgan fingerprint density at radius 2 is 2.14 bits per heavy atom. The number of ether oxygens (including phenoxy) is 3. The lowest BCUT2D eigenvalue weighted by molar-refractivity contribution is -0.142. The molecule has 1 heterocycles. The number of hydrogen-bond donors (Lipinski definition) is 1. The topological polar surface area (TPSA) is 86.2 Å². The van der Waals surface area contributed by atoms with Crippen molar-refractivity contribution in [3.8, 4) is 0 Å². The van der Waals surface area contributed by atoms with Crippen LogP contribution in [0.3, 0.4) is 0 Å². The molecular formula is C14H24N2O5. The molecule has 7 heteroatoms. The fraction of sp³-hybridized carbons (Fsp3) is 0.857. The van der Waals surface area contributed by atoms with Crippen LogP contribution in [0.25, 0.3) is 0 Å². The standard InChI is InChI=1S/C14H24N2O5/c1-14(2)20-10-12(21-14)9-19-13(18)16-8-6-4-3-5-7-15-11-17/h12H,3-10H2,1-2H3,(H,16,18). The molecule has 0 bridgehead atoms. The van der Waals surface area contributed by atoms with E-state index >= 15 is 0 Å². The maximum absolute atomic E-state index is 11.4. The van der Waals surface area contributed by atoms with Gasteiger partial charge in [-0.05, 0) is 26.7 Å². The van der Waals surface area contributed by atoms with E-state index in [0.717, 1.165) is 25.7 Å². The molecule has 120 valence electrons. The summed E-state index contributed by atoms with van der Waals surface area (Å²) >= 11 is 0. The van der Waals surface area contributed by atoms with E-state index in [4.69, 9.17) is 14.2 Å². The summed E-state index contributed by atoms with van der Waals surface area (Å²) in [6, 6.07) is 0. The summed E-state index contributed by atoms with van der Waals surface area (Å²) in [6.45, 7) is 5.38. The Morgan fingerprint density at radius 3 is 2.81 bits per heavy atom. The predicted molar refractivity (Wildman–Crippen MR) is 75.7 cm³/mol. The highest BCUT2D eigenvalue weighted by Crippen LogP contribution is 2.22. The number of nitrogens with one attached hydrogen (secondary N) is 1. The van der Waals surface area contributed by atoms with Gasteiger partial charge in [0, 0.05) is 6.54 Å². The lowest BCUT2D eigenvalue weighted by atomic mass is 10.2. The highest BCUT2D eigenvalue weighted by Gasteiger charge is 2.33. The van der Waals surface area contributed by atoms with Gasteiger partial charge in [0.25, 0.3) is 0 Å². The van der Waals surface area contributed by atoms with Crippen LogP contribution in [0.1, 0.15) is 39.5 Å². The van der Waals surface area contributed by atoms with Crippen molar-refractivity contribution in [2.75, 3.05) is 26.3 Å². The lowest BCUT2D eigenvalue weighted by Crippen LogP contribution is -2.30. The molecule has 1 saturated heterocycles. The van der Waals surface area contributed by atoms with Gasteiger partial charge in [-0.3, -0.25) is 0 Å². The fourth-order valence-electron chi connectivity index (χ4n) is 1.97. The van der Waals surface area contributed by atoms with E-state index < -0.39 is 11.9 Å². The van der Waals surface area contributed by atoms with Gasteiger partial charge in [-0.15, -0.1) is 0 Å². The molecule has 1 aliphatic heterocycles. The van der Waals surface area contributed by atoms with Crippen molar-refractivity contribution in [1.29, 1.82) is 0 Å². The molecule has 0 aliphatic carbocycles. The molecule has 0 saturated carbocycles. The number of isocyanates is 1. The number of rotatable bonds is 9. The van der Waals surface area contributed by atoms with Crippen LogP contribution in [0, 0.1) is 0 Å². The van der Waals surface area contributed by atoms with Crippen molar-refractivity contribution < 1.29 is 23.8 Å². The van der Waals surface area contributed by atoms with Crippen LogP contribution < -0.4 is 5.32 Å². The smallest absolute Gasteiger partial charge is 0.407 e. The maximum Gasteiger partial charge on any atom is 0.407 e. The number of alkyl carbamates (subject to hydrolysis) is 1. The molecule has 0 aromatic rings. The molecule has 21 heavy (non-hydrogen) atoms. The highest BCUT2D eigenvalue weighted by atomic mass is 16.7. The first kappa shape index (κ1) is 17.6. The second kappa shape index (κ2) is 9.50. The highest BCUT2D eigenvalue weighted by molar-refractivity contribution is 5.67. The summed E-state index contributed by atoms with van der Waals surface area (Å²) in [5.74, 6) is -0.599. The molecule has 1 fully saturated rings. The molecule has 0 spiro atoms. The zero-order valence-electron chi connectivity index (χ0n) is 12.7. The van der Waals surface area contributed by atoms with Gasteiger partial charge in [-0.1, -0.05) is 12.8 Å². The first-order chi connectivity index (χ1) is 10.0. The first-order valence-corrected chi connectivity index (χ1v) is 7.29. The Bertz CT molecular complexity index is 366. The first-order valence-electron chi connectivity index (χ1n) is 7.29. The van der Waals surface area contributed by atoms with Gasteiger partial charge < -0.3 is 19.5 Å². The van der Waals surface area contributed by atoms with Crippen molar-refractivity contribution in [2.45, 2.75) is 51.4 Å². The number of carbonyl (C=O) groups excluding carboxylic acids is 2. The predicted octanol–water partition coefficient (Wildman–Crippen LogP) is 1.76. The van der Waals surface area contributed by atoms with Gasteiger partial charge in [-0.2, -0.15) is 0 Å².